The van der Waals surface area contributed by atoms with Crippen molar-refractivity contribution in [2.45, 2.75) is 87.2 Å². The van der Waals surface area contributed by atoms with E-state index in [1.165, 1.54) is 35.1 Å². The van der Waals surface area contributed by atoms with Crippen molar-refractivity contribution in [3.63, 3.8) is 0 Å². The van der Waals surface area contributed by atoms with Crippen LogP contribution < -0.4 is 0 Å². The van der Waals surface area contributed by atoms with Gasteiger partial charge < -0.3 is 0 Å². The molecule has 0 atom stereocenters. The van der Waals surface area contributed by atoms with Gasteiger partial charge in [-0.3, -0.25) is 4.40 Å². The Hall–Kier alpha value is -3.20. The maximum atomic E-state index is 15.5. The van der Waals surface area contributed by atoms with Crippen LogP contribution in [0.25, 0.3) is 38.6 Å². The predicted octanol–water partition coefficient (Wildman–Crippen LogP) is 10.5. The highest BCUT2D eigenvalue weighted by Crippen LogP contribution is 2.40. The number of unbranched alkanes of at least 4 members (excludes halogenated alkanes) is 1. The minimum atomic E-state index is -1.48. The van der Waals surface area contributed by atoms with Gasteiger partial charge >= 0.3 is 0 Å². The van der Waals surface area contributed by atoms with E-state index in [0.717, 1.165) is 39.4 Å². The van der Waals surface area contributed by atoms with Gasteiger partial charge in [0.2, 0.25) is 0 Å². The van der Waals surface area contributed by atoms with Crippen molar-refractivity contribution in [1.29, 1.82) is 0 Å². The van der Waals surface area contributed by atoms with Crippen LogP contribution in [-0.2, 0) is 12.1 Å². The zero-order valence-electron chi connectivity index (χ0n) is 24.7. The Kier molecular flexibility index (Phi) is 7.70. The van der Waals surface area contributed by atoms with Gasteiger partial charge in [-0.25, -0.2) is 9.37 Å². The van der Waals surface area contributed by atoms with Gasteiger partial charge in [0.15, 0.2) is 0 Å². The van der Waals surface area contributed by atoms with Crippen molar-refractivity contribution in [3.05, 3.63) is 83.0 Å². The molecule has 38 heavy (non-hydrogen) atoms. The van der Waals surface area contributed by atoms with E-state index in [2.05, 4.69) is 95.3 Å². The van der Waals surface area contributed by atoms with Gasteiger partial charge in [-0.2, -0.15) is 0 Å². The number of pyridine rings is 1. The molecular formula is C35H43FN2. The largest absolute Gasteiger partial charge is 0.292 e. The molecule has 0 bridgehead atoms. The molecule has 5 aromatic rings. The van der Waals surface area contributed by atoms with Gasteiger partial charge in [0, 0.05) is 21.9 Å². The minimum absolute atomic E-state index is 0.179. The van der Waals surface area contributed by atoms with Crippen molar-refractivity contribution in [2.24, 2.45) is 5.41 Å². The fourth-order valence-electron chi connectivity index (χ4n) is 5.40. The molecule has 0 aliphatic carbocycles. The number of rotatable bonds is 4. The van der Waals surface area contributed by atoms with Crippen LogP contribution in [0.15, 0.2) is 60.8 Å². The standard InChI is InChI=1S/C31H33FN2.C4H10/c1-19-10-8-11-20(2)27(19)26-18-33-29-28-22(12-9-13-24(28)31(6,7)32)23-16-21(17-30(3,4)5)14-15-25(23)34(26)29;1-3-4-2/h8-16,18H,17H2,1-7H3;3-4H2,1-2H3. The van der Waals surface area contributed by atoms with Crippen LogP contribution in [0.4, 0.5) is 4.39 Å². The van der Waals surface area contributed by atoms with E-state index in [0.29, 0.717) is 5.56 Å². The Morgan fingerprint density at radius 3 is 2.03 bits per heavy atom. The number of hydrogen-bond acceptors (Lipinski definition) is 1. The molecule has 2 nitrogen and oxygen atoms in total. The molecule has 0 saturated carbocycles. The number of alkyl halides is 1. The third-order valence-corrected chi connectivity index (χ3v) is 7.25. The highest BCUT2D eigenvalue weighted by atomic mass is 19.1. The third kappa shape index (κ3) is 5.34. The molecule has 0 aliphatic heterocycles. The summed E-state index contributed by atoms with van der Waals surface area (Å²) in [7, 11) is 0. The average molecular weight is 511 g/mol. The molecule has 0 aliphatic rings. The van der Waals surface area contributed by atoms with E-state index in [1.807, 2.05) is 18.3 Å². The van der Waals surface area contributed by atoms with Gasteiger partial charge in [-0.15, -0.1) is 0 Å². The molecule has 2 aromatic heterocycles. The number of hydrogen-bond donors (Lipinski definition) is 0. The molecule has 0 saturated heterocycles. The van der Waals surface area contributed by atoms with Crippen LogP contribution in [0, 0.1) is 19.3 Å². The summed E-state index contributed by atoms with van der Waals surface area (Å²) in [6.07, 6.45) is 5.57. The van der Waals surface area contributed by atoms with Gasteiger partial charge in [-0.1, -0.05) is 89.9 Å². The van der Waals surface area contributed by atoms with E-state index in [4.69, 9.17) is 4.98 Å². The number of aryl methyl sites for hydroxylation is 2. The van der Waals surface area contributed by atoms with Crippen molar-refractivity contribution >= 4 is 27.3 Å². The van der Waals surface area contributed by atoms with E-state index in [1.54, 1.807) is 13.8 Å². The maximum absolute atomic E-state index is 15.5. The number of nitrogens with zero attached hydrogens (tertiary/aromatic N) is 2. The normalized spacial score (nSPS) is 12.3. The lowest BCUT2D eigenvalue weighted by molar-refractivity contribution is 0.224. The molecule has 3 aromatic carbocycles. The number of aromatic nitrogens is 2. The van der Waals surface area contributed by atoms with Crippen molar-refractivity contribution < 1.29 is 4.39 Å². The molecule has 2 heterocycles. The summed E-state index contributed by atoms with van der Waals surface area (Å²) in [5, 5.41) is 3.09. The Balaban J connectivity index is 0.000000786. The summed E-state index contributed by atoms with van der Waals surface area (Å²) >= 11 is 0. The lowest BCUT2D eigenvalue weighted by Crippen LogP contribution is -2.11. The summed E-state index contributed by atoms with van der Waals surface area (Å²) < 4.78 is 17.7. The Morgan fingerprint density at radius 1 is 0.816 bits per heavy atom. The Morgan fingerprint density at radius 2 is 1.45 bits per heavy atom. The monoisotopic (exact) mass is 510 g/mol. The van der Waals surface area contributed by atoms with Gasteiger partial charge in [0.25, 0.3) is 0 Å². The highest BCUT2D eigenvalue weighted by molar-refractivity contribution is 6.14. The Bertz CT molecular complexity index is 1570. The van der Waals surface area contributed by atoms with Crippen molar-refractivity contribution in [1.82, 2.24) is 9.38 Å². The topological polar surface area (TPSA) is 17.3 Å². The number of halogens is 1. The van der Waals surface area contributed by atoms with Crippen LogP contribution in [0.5, 0.6) is 0 Å². The highest BCUT2D eigenvalue weighted by Gasteiger charge is 2.26. The van der Waals surface area contributed by atoms with Crippen LogP contribution in [0.1, 0.15) is 83.6 Å². The SMILES string of the molecule is CCCC.Cc1cccc(C)c1-c1cnc2c3c(C(C)(C)F)cccc3c3cc(CC(C)(C)C)ccc3n12. The molecule has 3 heteroatoms. The van der Waals surface area contributed by atoms with Crippen molar-refractivity contribution in [2.75, 3.05) is 0 Å². The zero-order chi connectivity index (χ0) is 27.8. The second-order valence-corrected chi connectivity index (χ2v) is 12.4. The second-order valence-electron chi connectivity index (χ2n) is 12.4. The molecule has 0 spiro atoms. The molecule has 0 fully saturated rings. The third-order valence-electron chi connectivity index (χ3n) is 7.25. The summed E-state index contributed by atoms with van der Waals surface area (Å²) in [5.41, 5.74) is 7.22. The summed E-state index contributed by atoms with van der Waals surface area (Å²) in [6, 6.07) is 19.1. The first kappa shape index (κ1) is 27.8. The molecule has 0 amide bonds. The lowest BCUT2D eigenvalue weighted by atomic mass is 9.87. The molecular weight excluding hydrogens is 467 g/mol. The van der Waals surface area contributed by atoms with Crippen LogP contribution in [-0.4, -0.2) is 9.38 Å². The second kappa shape index (κ2) is 10.5. The average Bonchev–Trinajstić information content (AvgIpc) is 3.27. The maximum Gasteiger partial charge on any atom is 0.146 e. The summed E-state index contributed by atoms with van der Waals surface area (Å²) in [6.45, 7) is 18.7. The van der Waals surface area contributed by atoms with Crippen LogP contribution in [0.2, 0.25) is 0 Å². The fraction of sp³-hybridized carbons (Fsp3) is 0.400. The first-order valence-electron chi connectivity index (χ1n) is 14.0. The number of imidazole rings is 1. The smallest absolute Gasteiger partial charge is 0.146 e. The molecule has 0 unspecified atom stereocenters. The lowest BCUT2D eigenvalue weighted by Gasteiger charge is -2.21. The number of benzene rings is 3. The van der Waals surface area contributed by atoms with Gasteiger partial charge in [0.05, 0.1) is 17.4 Å². The predicted molar refractivity (Wildman–Crippen MR) is 163 cm³/mol. The van der Waals surface area contributed by atoms with Crippen molar-refractivity contribution in [3.8, 4) is 11.3 Å². The quantitative estimate of drug-likeness (QED) is 0.220. The fourth-order valence-corrected chi connectivity index (χ4v) is 5.40. The van der Waals surface area contributed by atoms with E-state index in [9.17, 15) is 0 Å². The van der Waals surface area contributed by atoms with Crippen LogP contribution >= 0.6 is 0 Å². The summed E-state index contributed by atoms with van der Waals surface area (Å²) in [5.74, 6) is 0. The van der Waals surface area contributed by atoms with E-state index >= 15 is 4.39 Å². The number of fused-ring (bicyclic) bond motifs is 6. The first-order valence-corrected chi connectivity index (χ1v) is 14.0. The minimum Gasteiger partial charge on any atom is -0.292 e. The van der Waals surface area contributed by atoms with E-state index in [-0.39, 0.29) is 5.41 Å². The zero-order valence-corrected chi connectivity index (χ0v) is 24.7. The van der Waals surface area contributed by atoms with E-state index < -0.39 is 5.67 Å². The molecule has 5 rings (SSSR count). The first-order chi connectivity index (χ1) is 17.9. The molecule has 0 N–H and O–H groups in total. The van der Waals surface area contributed by atoms with Crippen LogP contribution in [0.3, 0.4) is 0 Å². The summed E-state index contributed by atoms with van der Waals surface area (Å²) in [4.78, 5) is 4.91. The molecule has 200 valence electrons. The Labute approximate surface area is 227 Å². The van der Waals surface area contributed by atoms with Gasteiger partial charge in [-0.05, 0) is 73.7 Å². The van der Waals surface area contributed by atoms with Gasteiger partial charge in [0.1, 0.15) is 11.3 Å². The molecule has 0 radical (unpaired) electrons.